The largest absolute Gasteiger partial charge is 0.391 e. The molecule has 1 aliphatic carbocycles. The van der Waals surface area contributed by atoms with E-state index in [0.29, 0.717) is 12.3 Å². The summed E-state index contributed by atoms with van der Waals surface area (Å²) >= 11 is 0. The average Bonchev–Trinajstić information content (AvgIpc) is 3.23. The molecule has 2 N–H and O–H groups in total. The van der Waals surface area contributed by atoms with Gasteiger partial charge in [-0.1, -0.05) is 35.5 Å². The van der Waals surface area contributed by atoms with Crippen molar-refractivity contribution in [3.8, 4) is 0 Å². The minimum atomic E-state index is -0.619. The van der Waals surface area contributed by atoms with Crippen molar-refractivity contribution in [2.24, 2.45) is 0 Å². The van der Waals surface area contributed by atoms with Gasteiger partial charge >= 0.3 is 0 Å². The quantitative estimate of drug-likeness (QED) is 0.850. The maximum atomic E-state index is 11.9. The van der Waals surface area contributed by atoms with Crippen LogP contribution in [0.3, 0.4) is 0 Å². The van der Waals surface area contributed by atoms with Crippen LogP contribution in [-0.4, -0.2) is 28.8 Å². The molecule has 1 fully saturated rings. The number of hydrogen-bond acceptors (Lipinski definition) is 4. The summed E-state index contributed by atoms with van der Waals surface area (Å²) in [5, 5.41) is 16.4. The zero-order valence-electron chi connectivity index (χ0n) is 11.7. The molecule has 0 spiro atoms. The van der Waals surface area contributed by atoms with Crippen LogP contribution < -0.4 is 5.32 Å². The Labute approximate surface area is 123 Å². The van der Waals surface area contributed by atoms with Gasteiger partial charge in [-0.2, -0.15) is 0 Å². The summed E-state index contributed by atoms with van der Waals surface area (Å²) in [5.41, 5.74) is 1.32. The normalized spacial score (nSPS) is 15.7. The minimum absolute atomic E-state index is 0.194. The Morgan fingerprint density at radius 1 is 1.38 bits per heavy atom. The highest BCUT2D eigenvalue weighted by molar-refractivity contribution is 5.92. The lowest BCUT2D eigenvalue weighted by molar-refractivity contribution is 0.0907. The van der Waals surface area contributed by atoms with E-state index >= 15 is 0 Å². The van der Waals surface area contributed by atoms with Crippen molar-refractivity contribution in [3.05, 3.63) is 53.4 Å². The van der Waals surface area contributed by atoms with Crippen LogP contribution in [0.25, 0.3) is 0 Å². The van der Waals surface area contributed by atoms with Crippen molar-refractivity contribution in [3.63, 3.8) is 0 Å². The Kier molecular flexibility index (Phi) is 4.01. The van der Waals surface area contributed by atoms with Gasteiger partial charge < -0.3 is 14.9 Å². The average molecular weight is 286 g/mol. The van der Waals surface area contributed by atoms with E-state index < -0.39 is 6.10 Å². The van der Waals surface area contributed by atoms with E-state index in [1.54, 1.807) is 6.07 Å². The second-order valence-electron chi connectivity index (χ2n) is 5.44. The molecule has 0 aliphatic heterocycles. The second kappa shape index (κ2) is 6.10. The van der Waals surface area contributed by atoms with E-state index in [1.807, 2.05) is 30.3 Å². The Hall–Kier alpha value is -2.14. The molecule has 3 rings (SSSR count). The molecule has 1 atom stereocenters. The molecule has 0 bridgehead atoms. The number of benzene rings is 1. The molecule has 1 amide bonds. The van der Waals surface area contributed by atoms with Crippen LogP contribution in [0.4, 0.5) is 0 Å². The van der Waals surface area contributed by atoms with Crippen LogP contribution >= 0.6 is 0 Å². The lowest BCUT2D eigenvalue weighted by atomic mass is 10.1. The van der Waals surface area contributed by atoms with Gasteiger partial charge in [-0.05, 0) is 18.4 Å². The van der Waals surface area contributed by atoms with Gasteiger partial charge in [-0.3, -0.25) is 4.79 Å². The SMILES string of the molecule is O=C(NCC(O)Cc1ccccc1)c1cc(C2CC2)on1. The third-order valence-electron chi connectivity index (χ3n) is 3.55. The molecule has 5 nitrogen and oxygen atoms in total. The zero-order valence-corrected chi connectivity index (χ0v) is 11.7. The molecular weight excluding hydrogens is 268 g/mol. The zero-order chi connectivity index (χ0) is 14.7. The topological polar surface area (TPSA) is 75.4 Å². The summed E-state index contributed by atoms with van der Waals surface area (Å²) in [4.78, 5) is 11.9. The highest BCUT2D eigenvalue weighted by atomic mass is 16.5. The van der Waals surface area contributed by atoms with Gasteiger partial charge in [-0.25, -0.2) is 0 Å². The smallest absolute Gasteiger partial charge is 0.273 e. The van der Waals surface area contributed by atoms with Gasteiger partial charge in [0.15, 0.2) is 5.69 Å². The number of aliphatic hydroxyl groups is 1. The summed E-state index contributed by atoms with van der Waals surface area (Å²) in [7, 11) is 0. The minimum Gasteiger partial charge on any atom is -0.391 e. The summed E-state index contributed by atoms with van der Waals surface area (Å²) in [6.45, 7) is 0.194. The van der Waals surface area contributed by atoms with E-state index in [1.165, 1.54) is 0 Å². The predicted octanol–water partition coefficient (Wildman–Crippen LogP) is 1.89. The predicted molar refractivity (Wildman–Crippen MR) is 77.0 cm³/mol. The number of carbonyl (C=O) groups is 1. The molecule has 2 aromatic rings. The van der Waals surface area contributed by atoms with E-state index in [-0.39, 0.29) is 18.1 Å². The van der Waals surface area contributed by atoms with Crippen LogP contribution in [0, 0.1) is 0 Å². The van der Waals surface area contributed by atoms with E-state index in [9.17, 15) is 9.90 Å². The first-order valence-corrected chi connectivity index (χ1v) is 7.19. The molecule has 1 heterocycles. The highest BCUT2D eigenvalue weighted by Crippen LogP contribution is 2.40. The summed E-state index contributed by atoms with van der Waals surface area (Å²) in [6.07, 6.45) is 2.09. The van der Waals surface area contributed by atoms with Crippen molar-refractivity contribution in [2.45, 2.75) is 31.3 Å². The number of nitrogens with zero attached hydrogens (tertiary/aromatic N) is 1. The van der Waals surface area contributed by atoms with Crippen LogP contribution in [0.1, 0.15) is 40.6 Å². The van der Waals surface area contributed by atoms with Crippen LogP contribution in [0.15, 0.2) is 40.9 Å². The monoisotopic (exact) mass is 286 g/mol. The number of carbonyl (C=O) groups excluding carboxylic acids is 1. The van der Waals surface area contributed by atoms with Crippen LogP contribution in [0.5, 0.6) is 0 Å². The van der Waals surface area contributed by atoms with Gasteiger partial charge in [0.2, 0.25) is 0 Å². The third-order valence-corrected chi connectivity index (χ3v) is 3.55. The molecular formula is C16H18N2O3. The molecule has 110 valence electrons. The molecule has 21 heavy (non-hydrogen) atoms. The standard InChI is InChI=1S/C16H18N2O3/c19-13(8-11-4-2-1-3-5-11)10-17-16(20)14-9-15(21-18-14)12-6-7-12/h1-5,9,12-13,19H,6-8,10H2,(H,17,20). The molecule has 1 aromatic carbocycles. The second-order valence-corrected chi connectivity index (χ2v) is 5.44. The summed E-state index contributed by atoms with van der Waals surface area (Å²) in [6, 6.07) is 11.4. The van der Waals surface area contributed by atoms with Gasteiger partial charge in [-0.15, -0.1) is 0 Å². The third kappa shape index (κ3) is 3.70. The number of rotatable bonds is 6. The molecule has 0 saturated heterocycles. The Bertz CT molecular complexity index is 605. The Morgan fingerprint density at radius 2 is 2.14 bits per heavy atom. The number of aromatic nitrogens is 1. The number of hydrogen-bond donors (Lipinski definition) is 2. The molecule has 5 heteroatoms. The van der Waals surface area contributed by atoms with Crippen molar-refractivity contribution in [1.82, 2.24) is 10.5 Å². The van der Waals surface area contributed by atoms with Crippen LogP contribution in [-0.2, 0) is 6.42 Å². The maximum absolute atomic E-state index is 11.9. The summed E-state index contributed by atoms with van der Waals surface area (Å²) in [5.74, 6) is 0.908. The fraction of sp³-hybridized carbons (Fsp3) is 0.375. The van der Waals surface area contributed by atoms with E-state index in [2.05, 4.69) is 10.5 Å². The maximum Gasteiger partial charge on any atom is 0.273 e. The van der Waals surface area contributed by atoms with Gasteiger partial charge in [0.1, 0.15) is 5.76 Å². The van der Waals surface area contributed by atoms with Gasteiger partial charge in [0.25, 0.3) is 5.91 Å². The molecule has 0 radical (unpaired) electrons. The first-order chi connectivity index (χ1) is 10.2. The van der Waals surface area contributed by atoms with Crippen molar-refractivity contribution in [2.75, 3.05) is 6.54 Å². The molecule has 1 saturated carbocycles. The van der Waals surface area contributed by atoms with Crippen LogP contribution in [0.2, 0.25) is 0 Å². The first kappa shape index (κ1) is 13.8. The van der Waals surface area contributed by atoms with Crippen molar-refractivity contribution < 1.29 is 14.4 Å². The number of nitrogens with one attached hydrogen (secondary N) is 1. The first-order valence-electron chi connectivity index (χ1n) is 7.19. The Balaban J connectivity index is 1.48. The molecule has 1 aromatic heterocycles. The summed E-state index contributed by atoms with van der Waals surface area (Å²) < 4.78 is 5.14. The lowest BCUT2D eigenvalue weighted by Crippen LogP contribution is -2.33. The van der Waals surface area contributed by atoms with Crippen molar-refractivity contribution >= 4 is 5.91 Å². The number of amides is 1. The number of aliphatic hydroxyl groups excluding tert-OH is 1. The molecule has 1 aliphatic rings. The van der Waals surface area contributed by atoms with Gasteiger partial charge in [0, 0.05) is 24.9 Å². The van der Waals surface area contributed by atoms with Gasteiger partial charge in [0.05, 0.1) is 6.10 Å². The highest BCUT2D eigenvalue weighted by Gasteiger charge is 2.28. The van der Waals surface area contributed by atoms with E-state index in [4.69, 9.17) is 4.52 Å². The van der Waals surface area contributed by atoms with Crippen molar-refractivity contribution in [1.29, 1.82) is 0 Å². The fourth-order valence-corrected chi connectivity index (χ4v) is 2.22. The lowest BCUT2D eigenvalue weighted by Gasteiger charge is -2.11. The fourth-order valence-electron chi connectivity index (χ4n) is 2.22. The molecule has 1 unspecified atom stereocenters. The Morgan fingerprint density at radius 3 is 2.86 bits per heavy atom. The van der Waals surface area contributed by atoms with E-state index in [0.717, 1.165) is 24.2 Å².